The molecule has 126 valence electrons. The highest BCUT2D eigenvalue weighted by atomic mass is 16.5. The topological polar surface area (TPSA) is 80.9 Å². The zero-order valence-electron chi connectivity index (χ0n) is 13.8. The number of anilines is 1. The molecule has 25 heavy (non-hydrogen) atoms. The van der Waals surface area contributed by atoms with Gasteiger partial charge in [0.2, 0.25) is 5.43 Å². The monoisotopic (exact) mass is 336 g/mol. The molecule has 0 saturated carbocycles. The van der Waals surface area contributed by atoms with Crippen molar-refractivity contribution in [3.8, 4) is 0 Å². The lowest BCUT2D eigenvalue weighted by Crippen LogP contribution is -2.08. The van der Waals surface area contributed by atoms with Crippen molar-refractivity contribution in [2.45, 2.75) is 6.92 Å². The Morgan fingerprint density at radius 1 is 1.20 bits per heavy atom. The molecule has 2 aromatic carbocycles. The first kappa shape index (κ1) is 16.4. The Bertz CT molecular complexity index is 1000. The van der Waals surface area contributed by atoms with Crippen LogP contribution in [0.15, 0.2) is 63.0 Å². The van der Waals surface area contributed by atoms with Gasteiger partial charge >= 0.3 is 5.97 Å². The van der Waals surface area contributed by atoms with Crippen LogP contribution in [0.4, 0.5) is 5.69 Å². The predicted octanol–water partition coefficient (Wildman–Crippen LogP) is 3.33. The number of rotatable bonds is 4. The molecule has 0 fully saturated rings. The maximum atomic E-state index is 12.4. The summed E-state index contributed by atoms with van der Waals surface area (Å²) in [5.74, 6) is -0.404. The Kier molecular flexibility index (Phi) is 4.61. The van der Waals surface area contributed by atoms with Crippen LogP contribution in [-0.2, 0) is 4.74 Å². The van der Waals surface area contributed by atoms with Gasteiger partial charge in [0.25, 0.3) is 0 Å². The molecule has 0 aliphatic rings. The van der Waals surface area contributed by atoms with E-state index < -0.39 is 5.97 Å². The van der Waals surface area contributed by atoms with Crippen LogP contribution in [-0.4, -0.2) is 19.3 Å². The van der Waals surface area contributed by atoms with Crippen molar-refractivity contribution in [2.24, 2.45) is 5.10 Å². The third-order valence-electron chi connectivity index (χ3n) is 3.66. The molecule has 1 aromatic heterocycles. The van der Waals surface area contributed by atoms with Gasteiger partial charge in [-0.1, -0.05) is 11.6 Å². The second kappa shape index (κ2) is 7.00. The van der Waals surface area contributed by atoms with Gasteiger partial charge in [0.15, 0.2) is 0 Å². The van der Waals surface area contributed by atoms with Crippen LogP contribution in [0.1, 0.15) is 21.5 Å². The summed E-state index contributed by atoms with van der Waals surface area (Å²) in [5, 5.41) is 4.57. The minimum atomic E-state index is -0.404. The molecule has 1 N–H and O–H groups in total. The Hall–Kier alpha value is -3.41. The van der Waals surface area contributed by atoms with Gasteiger partial charge in [0, 0.05) is 0 Å². The Morgan fingerprint density at radius 2 is 1.96 bits per heavy atom. The standard InChI is InChI=1S/C19H16N2O4/c1-12-3-8-17-16(9-12)18(22)14(11-25-17)10-20-21-15-6-4-13(5-7-15)19(23)24-2/h3-11,21H,1-2H3/b20-10-. The molecule has 0 amide bonds. The highest BCUT2D eigenvalue weighted by Crippen LogP contribution is 2.13. The summed E-state index contributed by atoms with van der Waals surface area (Å²) in [6.45, 7) is 1.92. The maximum absolute atomic E-state index is 12.4. The van der Waals surface area contributed by atoms with E-state index in [1.165, 1.54) is 19.6 Å². The number of fused-ring (bicyclic) bond motifs is 1. The second-order valence-electron chi connectivity index (χ2n) is 5.46. The molecule has 0 aliphatic heterocycles. The minimum absolute atomic E-state index is 0.142. The van der Waals surface area contributed by atoms with Gasteiger partial charge in [0.1, 0.15) is 11.8 Å². The number of benzene rings is 2. The fourth-order valence-corrected chi connectivity index (χ4v) is 2.32. The number of aryl methyl sites for hydroxylation is 1. The van der Waals surface area contributed by atoms with Gasteiger partial charge in [-0.3, -0.25) is 10.2 Å². The Balaban J connectivity index is 1.78. The number of hydrogen-bond acceptors (Lipinski definition) is 6. The summed E-state index contributed by atoms with van der Waals surface area (Å²) in [6.07, 6.45) is 2.79. The number of methoxy groups -OCH3 is 1. The molecule has 0 radical (unpaired) electrons. The lowest BCUT2D eigenvalue weighted by molar-refractivity contribution is 0.0601. The van der Waals surface area contributed by atoms with E-state index in [2.05, 4.69) is 15.3 Å². The fraction of sp³-hybridized carbons (Fsp3) is 0.105. The molecule has 6 heteroatoms. The van der Waals surface area contributed by atoms with E-state index >= 15 is 0 Å². The average Bonchev–Trinajstić information content (AvgIpc) is 2.64. The van der Waals surface area contributed by atoms with Crippen molar-refractivity contribution in [3.63, 3.8) is 0 Å². The Labute approximate surface area is 143 Å². The number of nitrogens with zero attached hydrogens (tertiary/aromatic N) is 1. The second-order valence-corrected chi connectivity index (χ2v) is 5.46. The quantitative estimate of drug-likeness (QED) is 0.449. The van der Waals surface area contributed by atoms with Crippen molar-refractivity contribution in [1.82, 2.24) is 0 Å². The molecule has 0 aliphatic carbocycles. The molecule has 3 aromatic rings. The molecule has 6 nitrogen and oxygen atoms in total. The molecule has 3 rings (SSSR count). The highest BCUT2D eigenvalue weighted by Gasteiger charge is 2.06. The third-order valence-corrected chi connectivity index (χ3v) is 3.66. The van der Waals surface area contributed by atoms with Gasteiger partial charge in [-0.2, -0.15) is 5.10 Å². The van der Waals surface area contributed by atoms with E-state index in [0.717, 1.165) is 5.56 Å². The van der Waals surface area contributed by atoms with Crippen molar-refractivity contribution in [3.05, 3.63) is 75.6 Å². The van der Waals surface area contributed by atoms with Gasteiger partial charge in [-0.15, -0.1) is 0 Å². The van der Waals surface area contributed by atoms with Crippen LogP contribution < -0.4 is 10.9 Å². The van der Waals surface area contributed by atoms with E-state index in [1.807, 2.05) is 13.0 Å². The smallest absolute Gasteiger partial charge is 0.337 e. The molecular weight excluding hydrogens is 320 g/mol. The van der Waals surface area contributed by atoms with E-state index in [1.54, 1.807) is 36.4 Å². The first-order valence-corrected chi connectivity index (χ1v) is 7.58. The molecule has 0 saturated heterocycles. The van der Waals surface area contributed by atoms with Crippen molar-refractivity contribution < 1.29 is 13.9 Å². The largest absolute Gasteiger partial charge is 0.465 e. The van der Waals surface area contributed by atoms with Crippen molar-refractivity contribution in [1.29, 1.82) is 0 Å². The first-order valence-electron chi connectivity index (χ1n) is 7.58. The van der Waals surface area contributed by atoms with Crippen LogP contribution in [0.25, 0.3) is 11.0 Å². The number of hydrogen-bond donors (Lipinski definition) is 1. The van der Waals surface area contributed by atoms with E-state index in [0.29, 0.717) is 27.8 Å². The van der Waals surface area contributed by atoms with Gasteiger partial charge in [-0.25, -0.2) is 4.79 Å². The Morgan fingerprint density at radius 3 is 2.68 bits per heavy atom. The highest BCUT2D eigenvalue weighted by molar-refractivity contribution is 5.90. The molecular formula is C19H16N2O4. The van der Waals surface area contributed by atoms with E-state index in [9.17, 15) is 9.59 Å². The van der Waals surface area contributed by atoms with Crippen LogP contribution >= 0.6 is 0 Å². The summed E-state index contributed by atoms with van der Waals surface area (Å²) < 4.78 is 10.1. The number of nitrogens with one attached hydrogen (secondary N) is 1. The van der Waals surface area contributed by atoms with E-state index in [-0.39, 0.29) is 5.43 Å². The van der Waals surface area contributed by atoms with Gasteiger partial charge in [-0.05, 0) is 43.3 Å². The van der Waals surface area contributed by atoms with E-state index in [4.69, 9.17) is 4.42 Å². The van der Waals surface area contributed by atoms with Crippen LogP contribution in [0.3, 0.4) is 0 Å². The predicted molar refractivity (Wildman–Crippen MR) is 96.2 cm³/mol. The summed E-state index contributed by atoms with van der Waals surface area (Å²) in [6, 6.07) is 12.1. The number of carbonyl (C=O) groups excluding carboxylic acids is 1. The zero-order valence-corrected chi connectivity index (χ0v) is 13.8. The molecule has 1 heterocycles. The minimum Gasteiger partial charge on any atom is -0.465 e. The van der Waals surface area contributed by atoms with Crippen LogP contribution in [0.5, 0.6) is 0 Å². The molecule has 0 spiro atoms. The van der Waals surface area contributed by atoms with Gasteiger partial charge in [0.05, 0.1) is 35.5 Å². The number of carbonyl (C=O) groups is 1. The lowest BCUT2D eigenvalue weighted by Gasteiger charge is -2.02. The molecule has 0 atom stereocenters. The summed E-state index contributed by atoms with van der Waals surface area (Å²) in [7, 11) is 1.33. The number of esters is 1. The number of ether oxygens (including phenoxy) is 1. The third kappa shape index (κ3) is 3.58. The fourth-order valence-electron chi connectivity index (χ4n) is 2.32. The number of hydrazone groups is 1. The SMILES string of the molecule is COC(=O)c1ccc(N/N=C\c2coc3ccc(C)cc3c2=O)cc1. The van der Waals surface area contributed by atoms with Crippen LogP contribution in [0.2, 0.25) is 0 Å². The van der Waals surface area contributed by atoms with Crippen molar-refractivity contribution >= 4 is 28.8 Å². The zero-order chi connectivity index (χ0) is 17.8. The normalized spacial score (nSPS) is 11.0. The van der Waals surface area contributed by atoms with Crippen molar-refractivity contribution in [2.75, 3.05) is 12.5 Å². The molecule has 0 bridgehead atoms. The van der Waals surface area contributed by atoms with Crippen LogP contribution in [0, 0.1) is 6.92 Å². The summed E-state index contributed by atoms with van der Waals surface area (Å²) >= 11 is 0. The summed E-state index contributed by atoms with van der Waals surface area (Å²) in [5.41, 5.74) is 5.65. The average molecular weight is 336 g/mol. The molecule has 0 unspecified atom stereocenters. The van der Waals surface area contributed by atoms with Gasteiger partial charge < -0.3 is 9.15 Å². The maximum Gasteiger partial charge on any atom is 0.337 e. The lowest BCUT2D eigenvalue weighted by atomic mass is 10.1. The first-order chi connectivity index (χ1) is 12.1. The summed E-state index contributed by atoms with van der Waals surface area (Å²) in [4.78, 5) is 23.8.